The van der Waals surface area contributed by atoms with Crippen LogP contribution in [-0.4, -0.2) is 19.7 Å². The Morgan fingerprint density at radius 2 is 2.09 bits per heavy atom. The zero-order valence-electron chi connectivity index (χ0n) is 11.7. The Hall–Kier alpha value is -2.11. The van der Waals surface area contributed by atoms with Gasteiger partial charge in [-0.1, -0.05) is 29.3 Å². The summed E-state index contributed by atoms with van der Waals surface area (Å²) in [6.45, 7) is 2.30. The highest BCUT2D eigenvalue weighted by Gasteiger charge is 2.07. The van der Waals surface area contributed by atoms with Crippen LogP contribution >= 0.6 is 23.2 Å². The molecule has 112 valence electrons. The standard InChI is InChI=1S/C15H12Cl2N4O/c1-9-11(5-19-20-15(9)22)6-21-7-14(18-8-21)10-2-3-12(16)13(17)4-10/h2-5,7-8H,6H2,1H3,(H,20,22). The van der Waals surface area contributed by atoms with Crippen molar-refractivity contribution in [2.45, 2.75) is 13.5 Å². The minimum absolute atomic E-state index is 0.178. The first kappa shape index (κ1) is 14.8. The molecule has 0 aliphatic carbocycles. The van der Waals surface area contributed by atoms with Gasteiger partial charge in [0.2, 0.25) is 0 Å². The lowest BCUT2D eigenvalue weighted by Gasteiger charge is -2.04. The summed E-state index contributed by atoms with van der Waals surface area (Å²) in [6, 6.07) is 5.38. The summed E-state index contributed by atoms with van der Waals surface area (Å²) in [5.74, 6) is 0. The molecule has 22 heavy (non-hydrogen) atoms. The van der Waals surface area contributed by atoms with Crippen LogP contribution in [0.5, 0.6) is 0 Å². The molecule has 0 radical (unpaired) electrons. The monoisotopic (exact) mass is 334 g/mol. The molecule has 3 rings (SSSR count). The van der Waals surface area contributed by atoms with E-state index in [0.29, 0.717) is 22.2 Å². The van der Waals surface area contributed by atoms with Crippen LogP contribution in [0.25, 0.3) is 11.3 Å². The number of benzene rings is 1. The van der Waals surface area contributed by atoms with E-state index in [0.717, 1.165) is 16.8 Å². The molecule has 0 bridgehead atoms. The second kappa shape index (κ2) is 5.94. The number of aromatic amines is 1. The summed E-state index contributed by atoms with van der Waals surface area (Å²) in [4.78, 5) is 15.9. The van der Waals surface area contributed by atoms with E-state index in [-0.39, 0.29) is 5.56 Å². The molecule has 0 fully saturated rings. The Morgan fingerprint density at radius 1 is 1.27 bits per heavy atom. The molecule has 5 nitrogen and oxygen atoms in total. The molecule has 3 aromatic rings. The van der Waals surface area contributed by atoms with E-state index in [1.54, 1.807) is 31.6 Å². The zero-order chi connectivity index (χ0) is 15.7. The van der Waals surface area contributed by atoms with Crippen molar-refractivity contribution in [1.82, 2.24) is 19.7 Å². The molecule has 0 aliphatic rings. The van der Waals surface area contributed by atoms with Crippen LogP contribution < -0.4 is 5.56 Å². The molecular weight excluding hydrogens is 323 g/mol. The van der Waals surface area contributed by atoms with Crippen molar-refractivity contribution in [3.8, 4) is 11.3 Å². The molecule has 1 aromatic carbocycles. The van der Waals surface area contributed by atoms with Crippen molar-refractivity contribution in [3.63, 3.8) is 0 Å². The van der Waals surface area contributed by atoms with Gasteiger partial charge in [0.05, 0.1) is 34.8 Å². The number of rotatable bonds is 3. The first-order valence-corrected chi connectivity index (χ1v) is 7.30. The lowest BCUT2D eigenvalue weighted by molar-refractivity contribution is 0.774. The highest BCUT2D eigenvalue weighted by atomic mass is 35.5. The summed E-state index contributed by atoms with van der Waals surface area (Å²) < 4.78 is 1.89. The molecular formula is C15H12Cl2N4O. The first-order valence-electron chi connectivity index (χ1n) is 6.55. The number of hydrogen-bond donors (Lipinski definition) is 1. The van der Waals surface area contributed by atoms with Crippen LogP contribution in [0.15, 0.2) is 41.7 Å². The number of nitrogens with zero attached hydrogens (tertiary/aromatic N) is 3. The van der Waals surface area contributed by atoms with Gasteiger partial charge >= 0.3 is 0 Å². The van der Waals surface area contributed by atoms with Gasteiger partial charge in [0, 0.05) is 22.9 Å². The fraction of sp³-hybridized carbons (Fsp3) is 0.133. The second-order valence-electron chi connectivity index (χ2n) is 4.91. The summed E-state index contributed by atoms with van der Waals surface area (Å²) in [5.41, 5.74) is 2.99. The molecule has 0 amide bonds. The van der Waals surface area contributed by atoms with Crippen molar-refractivity contribution in [2.75, 3.05) is 0 Å². The number of aromatic nitrogens is 4. The Labute approximate surface area is 136 Å². The number of halogens is 2. The van der Waals surface area contributed by atoms with Gasteiger partial charge in [-0.25, -0.2) is 10.1 Å². The average molecular weight is 335 g/mol. The predicted molar refractivity (Wildman–Crippen MR) is 86.4 cm³/mol. The third-order valence-electron chi connectivity index (χ3n) is 3.41. The van der Waals surface area contributed by atoms with Gasteiger partial charge in [0.25, 0.3) is 5.56 Å². The van der Waals surface area contributed by atoms with E-state index >= 15 is 0 Å². The van der Waals surface area contributed by atoms with Gasteiger partial charge in [-0.05, 0) is 19.1 Å². The molecule has 0 atom stereocenters. The number of imidazole rings is 1. The largest absolute Gasteiger partial charge is 0.332 e. The molecule has 7 heteroatoms. The van der Waals surface area contributed by atoms with Crippen LogP contribution in [0.1, 0.15) is 11.1 Å². The fourth-order valence-corrected chi connectivity index (χ4v) is 2.40. The van der Waals surface area contributed by atoms with Gasteiger partial charge in [-0.2, -0.15) is 5.10 Å². The lowest BCUT2D eigenvalue weighted by Crippen LogP contribution is -2.15. The van der Waals surface area contributed by atoms with Crippen molar-refractivity contribution in [3.05, 3.63) is 68.4 Å². The Bertz CT molecular complexity index is 885. The smallest absolute Gasteiger partial charge is 0.267 e. The van der Waals surface area contributed by atoms with Crippen molar-refractivity contribution < 1.29 is 0 Å². The summed E-state index contributed by atoms with van der Waals surface area (Å²) in [5, 5.41) is 7.23. The summed E-state index contributed by atoms with van der Waals surface area (Å²) in [6.07, 6.45) is 5.24. The topological polar surface area (TPSA) is 63.6 Å². The highest BCUT2D eigenvalue weighted by molar-refractivity contribution is 6.42. The van der Waals surface area contributed by atoms with Gasteiger partial charge in [-0.3, -0.25) is 4.79 Å². The number of nitrogens with one attached hydrogen (secondary N) is 1. The highest BCUT2D eigenvalue weighted by Crippen LogP contribution is 2.27. The van der Waals surface area contributed by atoms with E-state index in [1.165, 1.54) is 0 Å². The quantitative estimate of drug-likeness (QED) is 0.799. The van der Waals surface area contributed by atoms with Gasteiger partial charge in [0.15, 0.2) is 0 Å². The number of hydrogen-bond acceptors (Lipinski definition) is 3. The molecule has 0 aliphatic heterocycles. The normalized spacial score (nSPS) is 10.9. The number of H-pyrrole nitrogens is 1. The predicted octanol–water partition coefficient (Wildman–Crippen LogP) is 3.30. The molecule has 2 aromatic heterocycles. The van der Waals surface area contributed by atoms with Crippen LogP contribution in [0.2, 0.25) is 10.0 Å². The minimum Gasteiger partial charge on any atom is -0.332 e. The van der Waals surface area contributed by atoms with E-state index < -0.39 is 0 Å². The van der Waals surface area contributed by atoms with Crippen molar-refractivity contribution in [1.29, 1.82) is 0 Å². The van der Waals surface area contributed by atoms with E-state index in [1.807, 2.05) is 16.8 Å². The Kier molecular flexibility index (Phi) is 4.00. The van der Waals surface area contributed by atoms with Gasteiger partial charge in [0.1, 0.15) is 0 Å². The van der Waals surface area contributed by atoms with Crippen molar-refractivity contribution >= 4 is 23.2 Å². The van der Waals surface area contributed by atoms with Crippen molar-refractivity contribution in [2.24, 2.45) is 0 Å². The van der Waals surface area contributed by atoms with Gasteiger partial charge in [-0.15, -0.1) is 0 Å². The third-order valence-corrected chi connectivity index (χ3v) is 4.15. The molecule has 0 saturated heterocycles. The summed E-state index contributed by atoms with van der Waals surface area (Å²) >= 11 is 11.9. The maximum Gasteiger partial charge on any atom is 0.267 e. The van der Waals surface area contributed by atoms with Crippen LogP contribution in [-0.2, 0) is 6.54 Å². The van der Waals surface area contributed by atoms with Gasteiger partial charge < -0.3 is 4.57 Å². The molecule has 0 spiro atoms. The Balaban J connectivity index is 1.89. The maximum absolute atomic E-state index is 11.6. The molecule has 0 saturated carbocycles. The fourth-order valence-electron chi connectivity index (χ4n) is 2.10. The third kappa shape index (κ3) is 2.91. The van der Waals surface area contributed by atoms with Crippen LogP contribution in [0.3, 0.4) is 0 Å². The zero-order valence-corrected chi connectivity index (χ0v) is 13.2. The summed E-state index contributed by atoms with van der Waals surface area (Å²) in [7, 11) is 0. The molecule has 0 unspecified atom stereocenters. The van der Waals surface area contributed by atoms with Crippen LogP contribution in [0.4, 0.5) is 0 Å². The van der Waals surface area contributed by atoms with E-state index in [4.69, 9.17) is 23.2 Å². The van der Waals surface area contributed by atoms with E-state index in [9.17, 15) is 4.79 Å². The maximum atomic E-state index is 11.6. The molecule has 1 N–H and O–H groups in total. The lowest BCUT2D eigenvalue weighted by atomic mass is 10.1. The SMILES string of the molecule is Cc1c(Cn2cnc(-c3ccc(Cl)c(Cl)c3)c2)cn[nH]c1=O. The average Bonchev–Trinajstić information content (AvgIpc) is 2.95. The second-order valence-corrected chi connectivity index (χ2v) is 5.72. The van der Waals surface area contributed by atoms with E-state index in [2.05, 4.69) is 15.2 Å². The first-order chi connectivity index (χ1) is 10.5. The minimum atomic E-state index is -0.178. The Morgan fingerprint density at radius 3 is 2.86 bits per heavy atom. The van der Waals surface area contributed by atoms with Crippen LogP contribution in [0, 0.1) is 6.92 Å². The molecule has 2 heterocycles.